The third-order valence-corrected chi connectivity index (χ3v) is 4.00. The molecular weight excluding hydrogens is 323 g/mol. The third-order valence-electron chi connectivity index (χ3n) is 3.10. The van der Waals surface area contributed by atoms with Crippen molar-refractivity contribution in [3.8, 4) is 0 Å². The Morgan fingerprint density at radius 2 is 1.90 bits per heavy atom. The summed E-state index contributed by atoms with van der Waals surface area (Å²) in [6.45, 7) is 2.70. The van der Waals surface area contributed by atoms with E-state index in [1.165, 1.54) is 5.56 Å². The molecule has 0 aliphatic carbocycles. The standard InChI is InChI=1S/C16H16Cl2N2S/c1-11-14(18)6-3-7-15(11)20-16(21)19-9-8-12-4-2-5-13(17)10-12/h2-7,10H,8-9H2,1H3,(H2,19,20,21). The van der Waals surface area contributed by atoms with Crippen molar-refractivity contribution >= 4 is 46.2 Å². The predicted octanol–water partition coefficient (Wildman–Crippen LogP) is 4.83. The number of benzene rings is 2. The predicted molar refractivity (Wildman–Crippen MR) is 95.6 cm³/mol. The summed E-state index contributed by atoms with van der Waals surface area (Å²) in [6.07, 6.45) is 0.858. The molecule has 0 atom stereocenters. The average Bonchev–Trinajstić information content (AvgIpc) is 2.44. The highest BCUT2D eigenvalue weighted by atomic mass is 35.5. The lowest BCUT2D eigenvalue weighted by atomic mass is 10.1. The molecule has 2 N–H and O–H groups in total. The van der Waals surface area contributed by atoms with Crippen molar-refractivity contribution in [3.05, 3.63) is 63.6 Å². The largest absolute Gasteiger partial charge is 0.362 e. The molecule has 110 valence electrons. The van der Waals surface area contributed by atoms with Crippen molar-refractivity contribution in [2.45, 2.75) is 13.3 Å². The number of halogens is 2. The molecule has 0 aliphatic heterocycles. The van der Waals surface area contributed by atoms with Crippen LogP contribution in [-0.2, 0) is 6.42 Å². The second-order valence-electron chi connectivity index (χ2n) is 4.67. The monoisotopic (exact) mass is 338 g/mol. The van der Waals surface area contributed by atoms with Crippen molar-refractivity contribution < 1.29 is 0 Å². The van der Waals surface area contributed by atoms with Gasteiger partial charge in [-0.2, -0.15) is 0 Å². The highest BCUT2D eigenvalue weighted by Gasteiger charge is 2.03. The Kier molecular flexibility index (Phi) is 5.85. The van der Waals surface area contributed by atoms with Gasteiger partial charge in [0.2, 0.25) is 0 Å². The first-order chi connectivity index (χ1) is 10.1. The Bertz CT molecular complexity index is 644. The minimum atomic E-state index is 0.586. The molecule has 0 aliphatic rings. The summed E-state index contributed by atoms with van der Waals surface area (Å²) in [5, 5.41) is 8.40. The molecule has 2 nitrogen and oxygen atoms in total. The summed E-state index contributed by atoms with van der Waals surface area (Å²) in [7, 11) is 0. The zero-order valence-corrected chi connectivity index (χ0v) is 13.9. The van der Waals surface area contributed by atoms with Gasteiger partial charge in [-0.25, -0.2) is 0 Å². The fourth-order valence-electron chi connectivity index (χ4n) is 1.92. The summed E-state index contributed by atoms with van der Waals surface area (Å²) in [5.41, 5.74) is 3.08. The Labute approximate surface area is 140 Å². The van der Waals surface area contributed by atoms with E-state index >= 15 is 0 Å². The Balaban J connectivity index is 1.84. The second kappa shape index (κ2) is 7.64. The van der Waals surface area contributed by atoms with Gasteiger partial charge < -0.3 is 10.6 Å². The molecule has 0 spiro atoms. The van der Waals surface area contributed by atoms with Crippen LogP contribution in [0.1, 0.15) is 11.1 Å². The van der Waals surface area contributed by atoms with Crippen LogP contribution in [0.25, 0.3) is 0 Å². The molecular formula is C16H16Cl2N2S. The Hall–Kier alpha value is -1.29. The van der Waals surface area contributed by atoms with Gasteiger partial charge in [-0.3, -0.25) is 0 Å². The third kappa shape index (κ3) is 4.88. The average molecular weight is 339 g/mol. The lowest BCUT2D eigenvalue weighted by molar-refractivity contribution is 0.873. The first-order valence-corrected chi connectivity index (χ1v) is 7.77. The van der Waals surface area contributed by atoms with Crippen LogP contribution in [0.5, 0.6) is 0 Å². The van der Waals surface area contributed by atoms with Crippen LogP contribution in [0.4, 0.5) is 5.69 Å². The molecule has 0 unspecified atom stereocenters. The molecule has 0 amide bonds. The SMILES string of the molecule is Cc1c(Cl)cccc1NC(=S)NCCc1cccc(Cl)c1. The van der Waals surface area contributed by atoms with Crippen molar-refractivity contribution in [2.75, 3.05) is 11.9 Å². The van der Waals surface area contributed by atoms with Gasteiger partial charge in [0.25, 0.3) is 0 Å². The number of thiocarbonyl (C=S) groups is 1. The zero-order valence-electron chi connectivity index (χ0n) is 11.6. The summed E-state index contributed by atoms with van der Waals surface area (Å²) >= 11 is 17.3. The van der Waals surface area contributed by atoms with Crippen molar-refractivity contribution in [2.24, 2.45) is 0 Å². The fourth-order valence-corrected chi connectivity index (χ4v) is 2.52. The number of nitrogens with one attached hydrogen (secondary N) is 2. The molecule has 5 heteroatoms. The van der Waals surface area contributed by atoms with E-state index in [0.717, 1.165) is 34.3 Å². The smallest absolute Gasteiger partial charge is 0.170 e. The lowest BCUT2D eigenvalue weighted by Gasteiger charge is -2.13. The van der Waals surface area contributed by atoms with E-state index in [4.69, 9.17) is 35.4 Å². The van der Waals surface area contributed by atoms with Gasteiger partial charge in [0.05, 0.1) is 0 Å². The number of anilines is 1. The molecule has 0 heterocycles. The van der Waals surface area contributed by atoms with E-state index in [1.807, 2.05) is 49.4 Å². The first-order valence-electron chi connectivity index (χ1n) is 6.60. The summed E-state index contributed by atoms with van der Waals surface area (Å²) < 4.78 is 0. The lowest BCUT2D eigenvalue weighted by Crippen LogP contribution is -2.30. The van der Waals surface area contributed by atoms with Crippen LogP contribution in [0.2, 0.25) is 10.0 Å². The molecule has 2 aromatic carbocycles. The van der Waals surface area contributed by atoms with E-state index in [-0.39, 0.29) is 0 Å². The van der Waals surface area contributed by atoms with E-state index in [2.05, 4.69) is 10.6 Å². The van der Waals surface area contributed by atoms with Crippen LogP contribution in [0.3, 0.4) is 0 Å². The molecule has 2 rings (SSSR count). The molecule has 0 fully saturated rings. The maximum atomic E-state index is 6.08. The van der Waals surface area contributed by atoms with Gasteiger partial charge in [-0.1, -0.05) is 41.4 Å². The second-order valence-corrected chi connectivity index (χ2v) is 5.93. The van der Waals surface area contributed by atoms with Gasteiger partial charge in [0.1, 0.15) is 0 Å². The van der Waals surface area contributed by atoms with Crippen LogP contribution < -0.4 is 10.6 Å². The van der Waals surface area contributed by atoms with Gasteiger partial charge in [0.15, 0.2) is 5.11 Å². The molecule has 2 aromatic rings. The first kappa shape index (κ1) is 16.1. The van der Waals surface area contributed by atoms with Crippen molar-refractivity contribution in [3.63, 3.8) is 0 Å². The van der Waals surface area contributed by atoms with Crippen LogP contribution in [-0.4, -0.2) is 11.7 Å². The van der Waals surface area contributed by atoms with Gasteiger partial charge in [0, 0.05) is 22.3 Å². The number of hydrogen-bond donors (Lipinski definition) is 2. The highest BCUT2D eigenvalue weighted by molar-refractivity contribution is 7.80. The van der Waals surface area contributed by atoms with Gasteiger partial charge >= 0.3 is 0 Å². The molecule has 0 radical (unpaired) electrons. The Morgan fingerprint density at radius 1 is 1.14 bits per heavy atom. The van der Waals surface area contributed by atoms with E-state index in [9.17, 15) is 0 Å². The number of hydrogen-bond acceptors (Lipinski definition) is 1. The summed E-state index contributed by atoms with van der Waals surface area (Å²) in [4.78, 5) is 0. The topological polar surface area (TPSA) is 24.1 Å². The fraction of sp³-hybridized carbons (Fsp3) is 0.188. The van der Waals surface area contributed by atoms with E-state index < -0.39 is 0 Å². The van der Waals surface area contributed by atoms with Gasteiger partial charge in [-0.05, 0) is 61.0 Å². The number of rotatable bonds is 4. The summed E-state index contributed by atoms with van der Waals surface area (Å²) in [5.74, 6) is 0. The van der Waals surface area contributed by atoms with E-state index in [0.29, 0.717) is 5.11 Å². The molecule has 0 saturated carbocycles. The normalized spacial score (nSPS) is 10.2. The summed E-state index contributed by atoms with van der Waals surface area (Å²) in [6, 6.07) is 13.5. The maximum Gasteiger partial charge on any atom is 0.170 e. The van der Waals surface area contributed by atoms with Crippen molar-refractivity contribution in [1.29, 1.82) is 0 Å². The van der Waals surface area contributed by atoms with Crippen molar-refractivity contribution in [1.82, 2.24) is 5.32 Å². The molecule has 0 aromatic heterocycles. The molecule has 0 saturated heterocycles. The molecule has 0 bridgehead atoms. The quantitative estimate of drug-likeness (QED) is 0.780. The Morgan fingerprint density at radius 3 is 2.67 bits per heavy atom. The van der Waals surface area contributed by atoms with Crippen LogP contribution >= 0.6 is 35.4 Å². The van der Waals surface area contributed by atoms with Gasteiger partial charge in [-0.15, -0.1) is 0 Å². The van der Waals surface area contributed by atoms with Crippen LogP contribution in [0, 0.1) is 6.92 Å². The minimum absolute atomic E-state index is 0.586. The van der Waals surface area contributed by atoms with Crippen LogP contribution in [0.15, 0.2) is 42.5 Å². The van der Waals surface area contributed by atoms with E-state index in [1.54, 1.807) is 0 Å². The molecule has 21 heavy (non-hydrogen) atoms. The zero-order chi connectivity index (χ0) is 15.2. The minimum Gasteiger partial charge on any atom is -0.362 e. The maximum absolute atomic E-state index is 6.08. The highest BCUT2D eigenvalue weighted by Crippen LogP contribution is 2.22.